The molecule has 20 heavy (non-hydrogen) atoms. The summed E-state index contributed by atoms with van der Waals surface area (Å²) in [7, 11) is 0. The Morgan fingerprint density at radius 3 is 2.70 bits per heavy atom. The van der Waals surface area contributed by atoms with Gasteiger partial charge in [-0.3, -0.25) is 0 Å². The van der Waals surface area contributed by atoms with Gasteiger partial charge in [-0.25, -0.2) is 9.24 Å². The summed E-state index contributed by atoms with van der Waals surface area (Å²) >= 11 is 0. The SMILES string of the molecule is [C-]#[N+]c1ccc(-c2noc(C(C)OC(C)C)n2)c(F)c1. The minimum atomic E-state index is -0.553. The van der Waals surface area contributed by atoms with E-state index < -0.39 is 5.82 Å². The molecule has 0 aliphatic carbocycles. The van der Waals surface area contributed by atoms with Crippen LogP contribution >= 0.6 is 0 Å². The zero-order valence-corrected chi connectivity index (χ0v) is 11.4. The van der Waals surface area contributed by atoms with Crippen LogP contribution in [0, 0.1) is 12.4 Å². The first-order valence-electron chi connectivity index (χ1n) is 6.17. The molecule has 0 aliphatic rings. The van der Waals surface area contributed by atoms with Crippen molar-refractivity contribution >= 4 is 5.69 Å². The Labute approximate surface area is 116 Å². The molecule has 2 rings (SSSR count). The van der Waals surface area contributed by atoms with Gasteiger partial charge in [0.2, 0.25) is 5.82 Å². The predicted molar refractivity (Wildman–Crippen MR) is 70.6 cm³/mol. The van der Waals surface area contributed by atoms with Crippen LogP contribution in [0.2, 0.25) is 0 Å². The lowest BCUT2D eigenvalue weighted by molar-refractivity contribution is -0.0000500. The van der Waals surface area contributed by atoms with E-state index in [1.807, 2.05) is 13.8 Å². The van der Waals surface area contributed by atoms with E-state index in [2.05, 4.69) is 15.0 Å². The first-order valence-corrected chi connectivity index (χ1v) is 6.17. The van der Waals surface area contributed by atoms with Crippen LogP contribution in [0.5, 0.6) is 0 Å². The second kappa shape index (κ2) is 5.80. The molecule has 0 amide bonds. The standard InChI is InChI=1S/C14H14FN3O2/c1-8(2)19-9(3)14-17-13(18-20-14)11-6-5-10(16-4)7-12(11)15/h5-9H,1-3H3. The molecule has 0 spiro atoms. The molecule has 1 aromatic heterocycles. The molecular weight excluding hydrogens is 261 g/mol. The molecule has 1 aromatic carbocycles. The van der Waals surface area contributed by atoms with E-state index in [1.54, 1.807) is 6.92 Å². The topological polar surface area (TPSA) is 52.5 Å². The second-order valence-electron chi connectivity index (χ2n) is 4.56. The largest absolute Gasteiger partial charge is 0.366 e. The summed E-state index contributed by atoms with van der Waals surface area (Å²) in [6.45, 7) is 12.4. The first kappa shape index (κ1) is 14.2. The predicted octanol–water partition coefficient (Wildman–Crippen LogP) is 3.91. The number of hydrogen-bond acceptors (Lipinski definition) is 4. The van der Waals surface area contributed by atoms with E-state index in [4.69, 9.17) is 15.8 Å². The fraction of sp³-hybridized carbons (Fsp3) is 0.357. The van der Waals surface area contributed by atoms with Crippen molar-refractivity contribution < 1.29 is 13.7 Å². The lowest BCUT2D eigenvalue weighted by Crippen LogP contribution is -2.07. The number of ether oxygens (including phenoxy) is 1. The summed E-state index contributed by atoms with van der Waals surface area (Å²) in [4.78, 5) is 7.29. The van der Waals surface area contributed by atoms with Crippen LogP contribution in [-0.2, 0) is 4.74 Å². The molecular formula is C14H14FN3O2. The number of halogens is 1. The van der Waals surface area contributed by atoms with Crippen molar-refractivity contribution in [1.29, 1.82) is 0 Å². The highest BCUT2D eigenvalue weighted by Crippen LogP contribution is 2.26. The smallest absolute Gasteiger partial charge is 0.255 e. The average molecular weight is 275 g/mol. The van der Waals surface area contributed by atoms with Gasteiger partial charge in [0.25, 0.3) is 5.89 Å². The first-order chi connectivity index (χ1) is 9.51. The van der Waals surface area contributed by atoms with E-state index in [9.17, 15) is 4.39 Å². The van der Waals surface area contributed by atoms with Gasteiger partial charge >= 0.3 is 0 Å². The number of benzene rings is 1. The van der Waals surface area contributed by atoms with Crippen LogP contribution < -0.4 is 0 Å². The summed E-state index contributed by atoms with van der Waals surface area (Å²) in [5, 5.41) is 3.75. The van der Waals surface area contributed by atoms with E-state index in [0.29, 0.717) is 5.89 Å². The summed E-state index contributed by atoms with van der Waals surface area (Å²) in [5.41, 5.74) is 0.427. The van der Waals surface area contributed by atoms with Crippen LogP contribution in [0.4, 0.5) is 10.1 Å². The molecule has 0 fully saturated rings. The molecule has 0 radical (unpaired) electrons. The van der Waals surface area contributed by atoms with E-state index >= 15 is 0 Å². The molecule has 0 saturated carbocycles. The third kappa shape index (κ3) is 3.00. The maximum atomic E-state index is 13.8. The summed E-state index contributed by atoms with van der Waals surface area (Å²) in [5.74, 6) is -0.112. The van der Waals surface area contributed by atoms with Crippen molar-refractivity contribution in [3.8, 4) is 11.4 Å². The molecule has 6 heteroatoms. The second-order valence-corrected chi connectivity index (χ2v) is 4.56. The van der Waals surface area contributed by atoms with Gasteiger partial charge in [0.05, 0.1) is 18.2 Å². The van der Waals surface area contributed by atoms with Crippen molar-refractivity contribution in [2.75, 3.05) is 0 Å². The molecule has 0 aliphatic heterocycles. The maximum absolute atomic E-state index is 13.8. The van der Waals surface area contributed by atoms with Crippen molar-refractivity contribution in [3.63, 3.8) is 0 Å². The Morgan fingerprint density at radius 2 is 2.10 bits per heavy atom. The highest BCUT2D eigenvalue weighted by molar-refractivity contribution is 5.60. The molecule has 1 heterocycles. The molecule has 0 saturated heterocycles. The highest BCUT2D eigenvalue weighted by Gasteiger charge is 2.18. The highest BCUT2D eigenvalue weighted by atomic mass is 19.1. The van der Waals surface area contributed by atoms with Crippen LogP contribution in [0.15, 0.2) is 22.7 Å². The van der Waals surface area contributed by atoms with Gasteiger partial charge in [-0.05, 0) is 26.8 Å². The Morgan fingerprint density at radius 1 is 1.35 bits per heavy atom. The third-order valence-corrected chi connectivity index (χ3v) is 2.59. The third-order valence-electron chi connectivity index (χ3n) is 2.59. The molecule has 0 N–H and O–H groups in total. The Balaban J connectivity index is 2.27. The molecule has 1 unspecified atom stereocenters. The number of rotatable bonds is 4. The maximum Gasteiger partial charge on any atom is 0.255 e. The van der Waals surface area contributed by atoms with Crippen LogP contribution in [0.3, 0.4) is 0 Å². The molecule has 2 aromatic rings. The van der Waals surface area contributed by atoms with Gasteiger partial charge in [0.15, 0.2) is 5.69 Å². The van der Waals surface area contributed by atoms with Crippen LogP contribution in [0.25, 0.3) is 16.2 Å². The van der Waals surface area contributed by atoms with Crippen molar-refractivity contribution in [2.45, 2.75) is 33.0 Å². The Kier molecular flexibility index (Phi) is 4.11. The Hall–Kier alpha value is -2.26. The van der Waals surface area contributed by atoms with Gasteiger partial charge in [0.1, 0.15) is 11.9 Å². The fourth-order valence-corrected chi connectivity index (χ4v) is 1.73. The quantitative estimate of drug-likeness (QED) is 0.794. The lowest BCUT2D eigenvalue weighted by atomic mass is 10.2. The monoisotopic (exact) mass is 275 g/mol. The fourth-order valence-electron chi connectivity index (χ4n) is 1.73. The van der Waals surface area contributed by atoms with Crippen molar-refractivity contribution in [2.24, 2.45) is 0 Å². The normalized spacial score (nSPS) is 12.4. The minimum absolute atomic E-state index is 0.0232. The van der Waals surface area contributed by atoms with Crippen molar-refractivity contribution in [3.05, 3.63) is 41.3 Å². The molecule has 5 nitrogen and oxygen atoms in total. The van der Waals surface area contributed by atoms with Gasteiger partial charge < -0.3 is 9.26 Å². The molecule has 1 atom stereocenters. The molecule has 0 bridgehead atoms. The van der Waals surface area contributed by atoms with Gasteiger partial charge in [-0.2, -0.15) is 4.98 Å². The zero-order chi connectivity index (χ0) is 14.7. The van der Waals surface area contributed by atoms with Gasteiger partial charge in [-0.15, -0.1) is 0 Å². The summed E-state index contributed by atoms with van der Waals surface area (Å²) in [6, 6.07) is 4.12. The number of nitrogens with zero attached hydrogens (tertiary/aromatic N) is 3. The van der Waals surface area contributed by atoms with Gasteiger partial charge in [-0.1, -0.05) is 17.3 Å². The summed E-state index contributed by atoms with van der Waals surface area (Å²) < 4.78 is 24.4. The lowest BCUT2D eigenvalue weighted by Gasteiger charge is -2.11. The van der Waals surface area contributed by atoms with Crippen molar-refractivity contribution in [1.82, 2.24) is 10.1 Å². The Bertz CT molecular complexity index is 646. The van der Waals surface area contributed by atoms with Gasteiger partial charge in [0, 0.05) is 0 Å². The average Bonchev–Trinajstić information content (AvgIpc) is 2.87. The van der Waals surface area contributed by atoms with E-state index in [-0.39, 0.29) is 29.3 Å². The zero-order valence-electron chi connectivity index (χ0n) is 11.4. The minimum Gasteiger partial charge on any atom is -0.366 e. The van der Waals surface area contributed by atoms with E-state index in [1.165, 1.54) is 12.1 Å². The van der Waals surface area contributed by atoms with E-state index in [0.717, 1.165) is 6.07 Å². The number of aromatic nitrogens is 2. The van der Waals surface area contributed by atoms with Crippen LogP contribution in [-0.4, -0.2) is 16.2 Å². The van der Waals surface area contributed by atoms with Crippen LogP contribution in [0.1, 0.15) is 32.8 Å². The molecule has 104 valence electrons. The number of hydrogen-bond donors (Lipinski definition) is 0. The summed E-state index contributed by atoms with van der Waals surface area (Å²) in [6.07, 6.45) is -0.336.